The van der Waals surface area contributed by atoms with E-state index >= 15 is 0 Å². The molecule has 0 spiro atoms. The number of ether oxygens (including phenoxy) is 2. The Kier molecular flexibility index (Phi) is 7.63. The molecule has 1 aliphatic rings. The second kappa shape index (κ2) is 11.0. The number of hydrogen-bond donors (Lipinski definition) is 0. The number of likely N-dealkylation sites (tertiary alicyclic amines) is 1. The van der Waals surface area contributed by atoms with Crippen molar-refractivity contribution in [3.05, 3.63) is 88.5 Å². The molecule has 0 atom stereocenters. The zero-order valence-electron chi connectivity index (χ0n) is 20.2. The molecule has 0 radical (unpaired) electrons. The Morgan fingerprint density at radius 3 is 2.41 bits per heavy atom. The molecule has 3 aromatic rings. The largest absolute Gasteiger partial charge is 0.493 e. The fourth-order valence-electron chi connectivity index (χ4n) is 4.16. The smallest absolute Gasteiger partial charge is 0.253 e. The Morgan fingerprint density at radius 2 is 1.71 bits per heavy atom. The van der Waals surface area contributed by atoms with Gasteiger partial charge in [-0.15, -0.1) is 0 Å². The molecule has 1 aliphatic heterocycles. The van der Waals surface area contributed by atoms with Crippen molar-refractivity contribution in [1.82, 2.24) is 4.90 Å². The minimum Gasteiger partial charge on any atom is -0.493 e. The maximum absolute atomic E-state index is 12.7. The van der Waals surface area contributed by atoms with Crippen LogP contribution in [-0.4, -0.2) is 37.2 Å². The molecule has 5 nitrogen and oxygen atoms in total. The minimum absolute atomic E-state index is 0.118. The number of hydrogen-bond acceptors (Lipinski definition) is 4. The van der Waals surface area contributed by atoms with Crippen molar-refractivity contribution in [3.8, 4) is 11.5 Å². The van der Waals surface area contributed by atoms with Crippen LogP contribution in [0, 0.1) is 13.8 Å². The maximum atomic E-state index is 12.7. The molecule has 0 aliphatic carbocycles. The first-order valence-corrected chi connectivity index (χ1v) is 11.8. The first kappa shape index (κ1) is 23.6. The van der Waals surface area contributed by atoms with Gasteiger partial charge in [0.25, 0.3) is 5.91 Å². The van der Waals surface area contributed by atoms with Crippen LogP contribution in [0.15, 0.2) is 65.7 Å². The fourth-order valence-corrected chi connectivity index (χ4v) is 4.16. The van der Waals surface area contributed by atoms with Crippen molar-refractivity contribution < 1.29 is 14.3 Å². The Hall–Kier alpha value is -3.60. The highest BCUT2D eigenvalue weighted by Crippen LogP contribution is 2.29. The molecular formula is C29H32N2O3. The molecule has 5 heteroatoms. The van der Waals surface area contributed by atoms with E-state index in [1.807, 2.05) is 59.6 Å². The number of carbonyl (C=O) groups is 1. The Balaban J connectivity index is 1.39. The summed E-state index contributed by atoms with van der Waals surface area (Å²) in [6, 6.07) is 19.7. The quantitative estimate of drug-likeness (QED) is 0.394. The van der Waals surface area contributed by atoms with Gasteiger partial charge in [0.2, 0.25) is 0 Å². The van der Waals surface area contributed by atoms with Crippen molar-refractivity contribution in [2.24, 2.45) is 4.99 Å². The first-order valence-electron chi connectivity index (χ1n) is 11.8. The van der Waals surface area contributed by atoms with Crippen LogP contribution in [0.1, 0.15) is 51.9 Å². The predicted octanol–water partition coefficient (Wildman–Crippen LogP) is 6.27. The maximum Gasteiger partial charge on any atom is 0.253 e. The van der Waals surface area contributed by atoms with Gasteiger partial charge in [-0.3, -0.25) is 9.79 Å². The number of aryl methyl sites for hydroxylation is 2. The Morgan fingerprint density at radius 1 is 0.941 bits per heavy atom. The first-order chi connectivity index (χ1) is 16.5. The number of aliphatic imine (C=N–C) groups is 1. The average molecular weight is 457 g/mol. The lowest BCUT2D eigenvalue weighted by Crippen LogP contribution is -2.35. The molecule has 0 N–H and O–H groups in total. The third-order valence-electron chi connectivity index (χ3n) is 6.13. The van der Waals surface area contributed by atoms with Crippen molar-refractivity contribution >= 4 is 17.8 Å². The third-order valence-corrected chi connectivity index (χ3v) is 6.13. The van der Waals surface area contributed by atoms with Crippen LogP contribution in [0.4, 0.5) is 5.69 Å². The lowest BCUT2D eigenvalue weighted by molar-refractivity contribution is 0.0724. The van der Waals surface area contributed by atoms with Crippen LogP contribution in [0.3, 0.4) is 0 Å². The molecule has 0 aromatic heterocycles. The summed E-state index contributed by atoms with van der Waals surface area (Å²) < 4.78 is 11.6. The van der Waals surface area contributed by atoms with Crippen LogP contribution >= 0.6 is 0 Å². The summed E-state index contributed by atoms with van der Waals surface area (Å²) in [5.74, 6) is 1.44. The third kappa shape index (κ3) is 5.84. The second-order valence-corrected chi connectivity index (χ2v) is 8.80. The number of carbonyl (C=O) groups excluding carboxylic acids is 1. The summed E-state index contributed by atoms with van der Waals surface area (Å²) in [7, 11) is 1.63. The van der Waals surface area contributed by atoms with Gasteiger partial charge in [-0.2, -0.15) is 0 Å². The van der Waals surface area contributed by atoms with Gasteiger partial charge in [0.05, 0.1) is 12.8 Å². The second-order valence-electron chi connectivity index (χ2n) is 8.80. The number of nitrogens with zero attached hydrogens (tertiary/aromatic N) is 2. The van der Waals surface area contributed by atoms with Gasteiger partial charge in [-0.05, 0) is 86.2 Å². The zero-order valence-corrected chi connectivity index (χ0v) is 20.2. The number of piperidine rings is 1. The number of amides is 1. The lowest BCUT2D eigenvalue weighted by atomic mass is 10.1. The van der Waals surface area contributed by atoms with Gasteiger partial charge in [0.15, 0.2) is 11.5 Å². The van der Waals surface area contributed by atoms with E-state index in [9.17, 15) is 4.79 Å². The molecule has 0 saturated carbocycles. The topological polar surface area (TPSA) is 51.1 Å². The van der Waals surface area contributed by atoms with E-state index in [1.165, 1.54) is 12.0 Å². The lowest BCUT2D eigenvalue weighted by Gasteiger charge is -2.26. The van der Waals surface area contributed by atoms with Gasteiger partial charge >= 0.3 is 0 Å². The highest BCUT2D eigenvalue weighted by atomic mass is 16.5. The number of methoxy groups -OCH3 is 1. The van der Waals surface area contributed by atoms with Crippen LogP contribution in [0.25, 0.3) is 0 Å². The molecular weight excluding hydrogens is 424 g/mol. The van der Waals surface area contributed by atoms with Crippen molar-refractivity contribution in [1.29, 1.82) is 0 Å². The van der Waals surface area contributed by atoms with Gasteiger partial charge in [0, 0.05) is 24.9 Å². The number of benzene rings is 3. The monoisotopic (exact) mass is 456 g/mol. The molecule has 4 rings (SSSR count). The summed E-state index contributed by atoms with van der Waals surface area (Å²) in [6.07, 6.45) is 5.23. The SMILES string of the molecule is COc1cc(C=Nc2ccc(C)cc2C)ccc1OCc1ccc(C(=O)N2CCCCC2)cc1. The van der Waals surface area contributed by atoms with E-state index in [4.69, 9.17) is 9.47 Å². The fraction of sp³-hybridized carbons (Fsp3) is 0.310. The molecule has 1 fully saturated rings. The summed E-state index contributed by atoms with van der Waals surface area (Å²) in [4.78, 5) is 19.2. The van der Waals surface area contributed by atoms with Gasteiger partial charge in [-0.25, -0.2) is 0 Å². The van der Waals surface area contributed by atoms with Gasteiger partial charge in [0.1, 0.15) is 6.61 Å². The molecule has 176 valence electrons. The van der Waals surface area contributed by atoms with Crippen molar-refractivity contribution in [3.63, 3.8) is 0 Å². The van der Waals surface area contributed by atoms with E-state index in [1.54, 1.807) is 7.11 Å². The molecule has 0 bridgehead atoms. The van der Waals surface area contributed by atoms with Gasteiger partial charge in [-0.1, -0.05) is 29.8 Å². The molecule has 34 heavy (non-hydrogen) atoms. The zero-order chi connectivity index (χ0) is 23.9. The molecule has 3 aromatic carbocycles. The van der Waals surface area contributed by atoms with Crippen molar-refractivity contribution in [2.75, 3.05) is 20.2 Å². The van der Waals surface area contributed by atoms with Crippen molar-refractivity contribution in [2.45, 2.75) is 39.7 Å². The summed E-state index contributed by atoms with van der Waals surface area (Å²) in [5.41, 5.74) is 5.99. The molecule has 1 saturated heterocycles. The van der Waals surface area contributed by atoms with Crippen LogP contribution in [-0.2, 0) is 6.61 Å². The Bertz CT molecular complexity index is 1160. The summed E-state index contributed by atoms with van der Waals surface area (Å²) in [6.45, 7) is 6.25. The summed E-state index contributed by atoms with van der Waals surface area (Å²) >= 11 is 0. The molecule has 1 amide bonds. The standard InChI is InChI=1S/C29H32N2O3/c1-21-7-13-26(22(2)17-21)30-19-24-10-14-27(28(18-24)33-3)34-20-23-8-11-25(12-9-23)29(32)31-15-5-4-6-16-31/h7-14,17-19H,4-6,15-16,20H2,1-3H3. The number of rotatable bonds is 7. The highest BCUT2D eigenvalue weighted by Gasteiger charge is 2.18. The summed E-state index contributed by atoms with van der Waals surface area (Å²) in [5, 5.41) is 0. The van der Waals surface area contributed by atoms with Gasteiger partial charge < -0.3 is 14.4 Å². The van der Waals surface area contributed by atoms with E-state index in [0.29, 0.717) is 18.1 Å². The Labute approximate surface area is 202 Å². The predicted molar refractivity (Wildman–Crippen MR) is 137 cm³/mol. The minimum atomic E-state index is 0.118. The normalized spacial score (nSPS) is 13.8. The van der Waals surface area contributed by atoms with E-state index < -0.39 is 0 Å². The van der Waals surface area contributed by atoms with E-state index in [0.717, 1.165) is 53.9 Å². The van der Waals surface area contributed by atoms with E-state index in [2.05, 4.69) is 31.0 Å². The molecule has 1 heterocycles. The van der Waals surface area contributed by atoms with Crippen LogP contribution < -0.4 is 9.47 Å². The van der Waals surface area contributed by atoms with Crippen LogP contribution in [0.2, 0.25) is 0 Å². The van der Waals surface area contributed by atoms with Crippen LogP contribution in [0.5, 0.6) is 11.5 Å². The average Bonchev–Trinajstić information content (AvgIpc) is 2.87. The molecule has 0 unspecified atom stereocenters. The van der Waals surface area contributed by atoms with E-state index in [-0.39, 0.29) is 5.91 Å². The highest BCUT2D eigenvalue weighted by molar-refractivity contribution is 5.94.